The Bertz CT molecular complexity index is 1320. The molecule has 0 aliphatic heterocycles. The summed E-state index contributed by atoms with van der Waals surface area (Å²) in [5.41, 5.74) is 2.08. The van der Waals surface area contributed by atoms with Gasteiger partial charge in [0.2, 0.25) is 0 Å². The Morgan fingerprint density at radius 3 is 2.44 bits per heavy atom. The summed E-state index contributed by atoms with van der Waals surface area (Å²) in [6.45, 7) is 0.449. The normalized spacial score (nSPS) is 11.4. The lowest BCUT2D eigenvalue weighted by atomic mass is 10.2. The van der Waals surface area contributed by atoms with Crippen LogP contribution in [0.1, 0.15) is 22.6 Å². The molecule has 0 unspecified atom stereocenters. The van der Waals surface area contributed by atoms with Gasteiger partial charge in [0, 0.05) is 18.5 Å². The first kappa shape index (κ1) is 21.5. The molecule has 0 saturated heterocycles. The van der Waals surface area contributed by atoms with Gasteiger partial charge in [-0.3, -0.25) is 9.52 Å². The molecule has 32 heavy (non-hydrogen) atoms. The maximum absolute atomic E-state index is 13.7. The number of H-pyrrole nitrogens is 1. The second-order valence-corrected chi connectivity index (χ2v) is 8.85. The van der Waals surface area contributed by atoms with Crippen molar-refractivity contribution in [1.29, 1.82) is 0 Å². The van der Waals surface area contributed by atoms with Gasteiger partial charge in [-0.25, -0.2) is 17.8 Å². The Morgan fingerprint density at radius 1 is 0.969 bits per heavy atom. The van der Waals surface area contributed by atoms with Crippen LogP contribution in [0, 0.1) is 5.82 Å². The van der Waals surface area contributed by atoms with E-state index in [0.717, 1.165) is 16.9 Å². The summed E-state index contributed by atoms with van der Waals surface area (Å²) in [6.07, 6.45) is 1.39. The number of nitrogens with zero attached hydrogens (tertiary/aromatic N) is 1. The summed E-state index contributed by atoms with van der Waals surface area (Å²) in [5.74, 6) is -0.118. The maximum Gasteiger partial charge on any atom is 0.261 e. The smallest absolute Gasteiger partial charge is 0.261 e. The van der Waals surface area contributed by atoms with E-state index in [2.05, 4.69) is 20.0 Å². The van der Waals surface area contributed by atoms with Crippen LogP contribution in [0.2, 0.25) is 0 Å². The molecule has 1 amide bonds. The third-order valence-electron chi connectivity index (χ3n) is 4.86. The first-order valence-corrected chi connectivity index (χ1v) is 11.5. The molecule has 3 N–H and O–H groups in total. The molecule has 0 atom stereocenters. The molecule has 0 fully saturated rings. The van der Waals surface area contributed by atoms with E-state index in [4.69, 9.17) is 0 Å². The minimum atomic E-state index is -3.97. The van der Waals surface area contributed by atoms with Gasteiger partial charge in [0.25, 0.3) is 15.9 Å². The zero-order valence-electron chi connectivity index (χ0n) is 17.0. The van der Waals surface area contributed by atoms with Gasteiger partial charge >= 0.3 is 0 Å². The summed E-state index contributed by atoms with van der Waals surface area (Å²) in [5, 5.41) is 2.81. The lowest BCUT2D eigenvalue weighted by Gasteiger charge is -2.10. The van der Waals surface area contributed by atoms with E-state index < -0.39 is 15.8 Å². The topological polar surface area (TPSA) is 104 Å². The molecule has 4 rings (SSSR count). The van der Waals surface area contributed by atoms with Crippen LogP contribution in [0.5, 0.6) is 0 Å². The molecule has 1 aromatic heterocycles. The highest BCUT2D eigenvalue weighted by Gasteiger charge is 2.17. The molecule has 0 radical (unpaired) electrons. The number of amides is 1. The molecule has 164 valence electrons. The number of nitrogens with one attached hydrogen (secondary N) is 3. The number of rotatable bonds is 8. The average molecular weight is 453 g/mol. The monoisotopic (exact) mass is 452 g/mol. The van der Waals surface area contributed by atoms with Crippen LogP contribution in [0.25, 0.3) is 11.0 Å². The van der Waals surface area contributed by atoms with Crippen LogP contribution in [0.4, 0.5) is 10.1 Å². The molecule has 0 bridgehead atoms. The second-order valence-electron chi connectivity index (χ2n) is 7.17. The molecule has 7 nitrogen and oxygen atoms in total. The average Bonchev–Trinajstić information content (AvgIpc) is 3.21. The Hall–Kier alpha value is -3.72. The van der Waals surface area contributed by atoms with Crippen molar-refractivity contribution in [2.75, 3.05) is 11.3 Å². The SMILES string of the molecule is O=C(NCCCc1nc2ccccc2[nH]1)c1ccc(S(=O)(=O)Nc2ccccc2F)cc1. The Kier molecular flexibility index (Phi) is 6.18. The molecule has 0 saturated carbocycles. The van der Waals surface area contributed by atoms with Crippen molar-refractivity contribution < 1.29 is 17.6 Å². The fourth-order valence-electron chi connectivity index (χ4n) is 3.22. The van der Waals surface area contributed by atoms with Gasteiger partial charge in [-0.1, -0.05) is 24.3 Å². The standard InChI is InChI=1S/C23H21FN4O3S/c24-18-6-1-2-7-19(18)28-32(30,31)17-13-11-16(12-14-17)23(29)25-15-5-10-22-26-20-8-3-4-9-21(20)27-22/h1-4,6-9,11-14,28H,5,10,15H2,(H,25,29)(H,26,27). The van der Waals surface area contributed by atoms with Crippen LogP contribution >= 0.6 is 0 Å². The highest BCUT2D eigenvalue weighted by atomic mass is 32.2. The van der Waals surface area contributed by atoms with E-state index in [9.17, 15) is 17.6 Å². The van der Waals surface area contributed by atoms with Gasteiger partial charge in [0.1, 0.15) is 11.6 Å². The first-order chi connectivity index (χ1) is 15.4. The van der Waals surface area contributed by atoms with E-state index in [1.165, 1.54) is 48.5 Å². The zero-order valence-corrected chi connectivity index (χ0v) is 17.8. The minimum absolute atomic E-state index is 0.0674. The van der Waals surface area contributed by atoms with Gasteiger partial charge < -0.3 is 10.3 Å². The number of halogens is 1. The van der Waals surface area contributed by atoms with Gasteiger partial charge in [0.15, 0.2) is 0 Å². The molecular formula is C23H21FN4O3S. The lowest BCUT2D eigenvalue weighted by Crippen LogP contribution is -2.25. The molecule has 4 aromatic rings. The highest BCUT2D eigenvalue weighted by Crippen LogP contribution is 2.19. The number of benzene rings is 3. The van der Waals surface area contributed by atoms with Crippen LogP contribution in [-0.4, -0.2) is 30.8 Å². The van der Waals surface area contributed by atoms with Crippen molar-refractivity contribution in [2.24, 2.45) is 0 Å². The number of aryl methyl sites for hydroxylation is 1. The third-order valence-corrected chi connectivity index (χ3v) is 6.24. The number of carbonyl (C=O) groups excluding carboxylic acids is 1. The minimum Gasteiger partial charge on any atom is -0.352 e. The summed E-state index contributed by atoms with van der Waals surface area (Å²) < 4.78 is 40.9. The largest absolute Gasteiger partial charge is 0.352 e. The summed E-state index contributed by atoms with van der Waals surface area (Å²) >= 11 is 0. The number of sulfonamides is 1. The Labute approximate surface area is 184 Å². The number of fused-ring (bicyclic) bond motifs is 1. The van der Waals surface area contributed by atoms with Crippen molar-refractivity contribution in [2.45, 2.75) is 17.7 Å². The van der Waals surface area contributed by atoms with Crippen molar-refractivity contribution in [1.82, 2.24) is 15.3 Å². The van der Waals surface area contributed by atoms with Crippen molar-refractivity contribution >= 4 is 32.7 Å². The number of carbonyl (C=O) groups is 1. The van der Waals surface area contributed by atoms with E-state index in [1.54, 1.807) is 0 Å². The van der Waals surface area contributed by atoms with Crippen LogP contribution in [0.3, 0.4) is 0 Å². The predicted molar refractivity (Wildman–Crippen MR) is 120 cm³/mol. The second kappa shape index (κ2) is 9.19. The quantitative estimate of drug-likeness (QED) is 0.353. The van der Waals surface area contributed by atoms with Gasteiger partial charge in [-0.05, 0) is 55.0 Å². The number of imidazole rings is 1. The molecule has 0 aliphatic rings. The maximum atomic E-state index is 13.7. The van der Waals surface area contributed by atoms with Gasteiger partial charge in [0.05, 0.1) is 21.6 Å². The van der Waals surface area contributed by atoms with Crippen LogP contribution < -0.4 is 10.0 Å². The number of aromatic nitrogens is 2. The first-order valence-electron chi connectivity index (χ1n) is 10.0. The van der Waals surface area contributed by atoms with Crippen molar-refractivity contribution in [3.05, 3.63) is 90.0 Å². The van der Waals surface area contributed by atoms with Crippen LogP contribution in [0.15, 0.2) is 77.7 Å². The van der Waals surface area contributed by atoms with Crippen molar-refractivity contribution in [3.8, 4) is 0 Å². The molecule has 9 heteroatoms. The van der Waals surface area contributed by atoms with E-state index in [-0.39, 0.29) is 16.5 Å². The van der Waals surface area contributed by atoms with Crippen LogP contribution in [-0.2, 0) is 16.4 Å². The summed E-state index contributed by atoms with van der Waals surface area (Å²) in [7, 11) is -3.97. The highest BCUT2D eigenvalue weighted by molar-refractivity contribution is 7.92. The van der Waals surface area contributed by atoms with E-state index >= 15 is 0 Å². The van der Waals surface area contributed by atoms with Crippen molar-refractivity contribution in [3.63, 3.8) is 0 Å². The molecule has 3 aromatic carbocycles. The molecule has 1 heterocycles. The Morgan fingerprint density at radius 2 is 1.69 bits per heavy atom. The third kappa shape index (κ3) is 4.94. The summed E-state index contributed by atoms with van der Waals surface area (Å²) in [6, 6.07) is 18.7. The number of anilines is 1. The fraction of sp³-hybridized carbons (Fsp3) is 0.130. The van der Waals surface area contributed by atoms with Gasteiger partial charge in [-0.2, -0.15) is 0 Å². The number of para-hydroxylation sites is 3. The molecule has 0 spiro atoms. The lowest BCUT2D eigenvalue weighted by molar-refractivity contribution is 0.0953. The molecule has 0 aliphatic carbocycles. The van der Waals surface area contributed by atoms with Gasteiger partial charge in [-0.15, -0.1) is 0 Å². The zero-order chi connectivity index (χ0) is 22.6. The number of hydrogen-bond acceptors (Lipinski definition) is 4. The van der Waals surface area contributed by atoms with E-state index in [0.29, 0.717) is 24.9 Å². The Balaban J connectivity index is 1.31. The van der Waals surface area contributed by atoms with E-state index in [1.807, 2.05) is 24.3 Å². The summed E-state index contributed by atoms with van der Waals surface area (Å²) in [4.78, 5) is 20.0. The number of hydrogen-bond donors (Lipinski definition) is 3. The predicted octanol–water partition coefficient (Wildman–Crippen LogP) is 3.87. The number of aromatic amines is 1. The fourth-order valence-corrected chi connectivity index (χ4v) is 4.28. The molecular weight excluding hydrogens is 431 g/mol.